The van der Waals surface area contributed by atoms with Crippen LogP contribution >= 0.6 is 0 Å². The van der Waals surface area contributed by atoms with Gasteiger partial charge in [-0.1, -0.05) is 30.3 Å². The number of carbonyl (C=O) groups is 2. The van der Waals surface area contributed by atoms with Gasteiger partial charge in [0.2, 0.25) is 0 Å². The molecule has 2 amide bonds. The highest BCUT2D eigenvalue weighted by molar-refractivity contribution is 6.25. The number of aliphatic hydroxyl groups is 1. The van der Waals surface area contributed by atoms with E-state index in [1.54, 1.807) is 12.1 Å². The van der Waals surface area contributed by atoms with Gasteiger partial charge in [-0.3, -0.25) is 24.3 Å². The van der Waals surface area contributed by atoms with E-state index in [1.807, 2.05) is 42.5 Å². The predicted octanol–water partition coefficient (Wildman–Crippen LogP) is 3.13. The molecule has 206 valence electrons. The van der Waals surface area contributed by atoms with Gasteiger partial charge in [-0.15, -0.1) is 0 Å². The summed E-state index contributed by atoms with van der Waals surface area (Å²) < 4.78 is 11.4. The lowest BCUT2D eigenvalue weighted by Gasteiger charge is -2.36. The highest BCUT2D eigenvalue weighted by Crippen LogP contribution is 2.29. The number of imide groups is 1. The number of piperazine rings is 1. The fourth-order valence-corrected chi connectivity index (χ4v) is 5.31. The summed E-state index contributed by atoms with van der Waals surface area (Å²) in [6.45, 7) is 10.1. The Kier molecular flexibility index (Phi) is 8.57. The number of β-amino-alcohol motifs (C(OH)–C–C–N with tert-alkyl or cyclic N) is 1. The average Bonchev–Trinajstić information content (AvgIpc) is 2.94. The zero-order valence-corrected chi connectivity index (χ0v) is 22.8. The number of aryl methyl sites for hydroxylation is 2. The molecule has 0 spiro atoms. The molecular weight excluding hydrogens is 494 g/mol. The van der Waals surface area contributed by atoms with E-state index in [0.717, 1.165) is 42.7 Å². The van der Waals surface area contributed by atoms with Crippen LogP contribution in [0.3, 0.4) is 0 Å². The standard InChI is InChI=1S/C31H37N3O5/c1-22-9-10-26(19-23(22)2)39-18-17-38-21-25(35)20-33-13-11-32(12-14-33)15-16-34-30(36)27-7-3-5-24-6-4-8-28(29(24)27)31(34)37/h3-10,19,25,35H,11-18,20-21H2,1-2H3/t25-/m0/s1. The first kappa shape index (κ1) is 27.3. The van der Waals surface area contributed by atoms with Crippen LogP contribution in [0.5, 0.6) is 5.75 Å². The number of carbonyl (C=O) groups excluding carboxylic acids is 2. The number of hydrogen-bond donors (Lipinski definition) is 1. The van der Waals surface area contributed by atoms with E-state index in [9.17, 15) is 14.7 Å². The molecule has 3 aromatic carbocycles. The third-order valence-electron chi connectivity index (χ3n) is 7.71. The monoisotopic (exact) mass is 531 g/mol. The van der Waals surface area contributed by atoms with Crippen molar-refractivity contribution in [3.05, 3.63) is 76.9 Å². The van der Waals surface area contributed by atoms with E-state index in [-0.39, 0.29) is 18.4 Å². The molecule has 0 aliphatic carbocycles. The molecule has 1 N–H and O–H groups in total. The van der Waals surface area contributed by atoms with Crippen LogP contribution in [-0.2, 0) is 4.74 Å². The van der Waals surface area contributed by atoms with Crippen LogP contribution in [0.4, 0.5) is 0 Å². The maximum atomic E-state index is 13.1. The summed E-state index contributed by atoms with van der Waals surface area (Å²) in [4.78, 5) is 32.1. The van der Waals surface area contributed by atoms with Gasteiger partial charge in [0.05, 0.1) is 19.3 Å². The van der Waals surface area contributed by atoms with E-state index < -0.39 is 6.10 Å². The lowest BCUT2D eigenvalue weighted by molar-refractivity contribution is -0.000355. The molecule has 1 fully saturated rings. The van der Waals surface area contributed by atoms with Crippen molar-refractivity contribution in [3.8, 4) is 5.75 Å². The summed E-state index contributed by atoms with van der Waals surface area (Å²) in [5.74, 6) is 0.396. The molecule has 39 heavy (non-hydrogen) atoms. The maximum absolute atomic E-state index is 13.1. The van der Waals surface area contributed by atoms with Gasteiger partial charge in [0.25, 0.3) is 11.8 Å². The topological polar surface area (TPSA) is 82.6 Å². The molecule has 8 heteroatoms. The Bertz CT molecular complexity index is 1280. The van der Waals surface area contributed by atoms with Crippen molar-refractivity contribution in [3.63, 3.8) is 0 Å². The molecule has 2 aliphatic rings. The largest absolute Gasteiger partial charge is 0.491 e. The lowest BCUT2D eigenvalue weighted by atomic mass is 9.94. The summed E-state index contributed by atoms with van der Waals surface area (Å²) in [6, 6.07) is 17.2. The van der Waals surface area contributed by atoms with Crippen molar-refractivity contribution in [2.24, 2.45) is 0 Å². The molecule has 2 aliphatic heterocycles. The molecule has 1 saturated heterocycles. The Morgan fingerprint density at radius 2 is 1.49 bits per heavy atom. The second-order valence-electron chi connectivity index (χ2n) is 10.4. The summed E-state index contributed by atoms with van der Waals surface area (Å²) in [5, 5.41) is 12.1. The van der Waals surface area contributed by atoms with E-state index in [0.29, 0.717) is 44.0 Å². The molecule has 2 heterocycles. The van der Waals surface area contributed by atoms with E-state index >= 15 is 0 Å². The SMILES string of the molecule is Cc1ccc(OCCOC[C@@H](O)CN2CCN(CCN3C(=O)c4cccc5cccc(c45)C3=O)CC2)cc1C. The molecule has 0 radical (unpaired) electrons. The van der Waals surface area contributed by atoms with Crippen LogP contribution in [0.25, 0.3) is 10.8 Å². The average molecular weight is 532 g/mol. The van der Waals surface area contributed by atoms with Crippen molar-refractivity contribution in [2.75, 3.05) is 65.6 Å². The molecule has 0 saturated carbocycles. The Labute approximate surface area is 229 Å². The number of aliphatic hydroxyl groups excluding tert-OH is 1. The first-order chi connectivity index (χ1) is 18.9. The van der Waals surface area contributed by atoms with Gasteiger partial charge in [0, 0.05) is 62.3 Å². The third-order valence-corrected chi connectivity index (χ3v) is 7.71. The summed E-state index contributed by atoms with van der Waals surface area (Å²) in [6.07, 6.45) is -0.565. The minimum atomic E-state index is -0.565. The minimum Gasteiger partial charge on any atom is -0.491 e. The van der Waals surface area contributed by atoms with Crippen LogP contribution in [0.15, 0.2) is 54.6 Å². The second kappa shape index (κ2) is 12.3. The van der Waals surface area contributed by atoms with Crippen molar-refractivity contribution in [1.82, 2.24) is 14.7 Å². The Hall–Kier alpha value is -3.30. The van der Waals surface area contributed by atoms with Gasteiger partial charge in [-0.05, 0) is 54.6 Å². The van der Waals surface area contributed by atoms with Gasteiger partial charge in [-0.2, -0.15) is 0 Å². The Morgan fingerprint density at radius 3 is 2.15 bits per heavy atom. The molecular formula is C31H37N3O5. The maximum Gasteiger partial charge on any atom is 0.261 e. The number of benzene rings is 3. The van der Waals surface area contributed by atoms with E-state index in [4.69, 9.17) is 9.47 Å². The quantitative estimate of drug-likeness (QED) is 0.301. The first-order valence-electron chi connectivity index (χ1n) is 13.7. The van der Waals surface area contributed by atoms with Crippen LogP contribution in [0.2, 0.25) is 0 Å². The number of nitrogens with zero attached hydrogens (tertiary/aromatic N) is 3. The van der Waals surface area contributed by atoms with E-state index in [1.165, 1.54) is 16.0 Å². The van der Waals surface area contributed by atoms with Gasteiger partial charge >= 0.3 is 0 Å². The number of hydrogen-bond acceptors (Lipinski definition) is 7. The van der Waals surface area contributed by atoms with Crippen molar-refractivity contribution in [2.45, 2.75) is 20.0 Å². The van der Waals surface area contributed by atoms with Crippen molar-refractivity contribution < 1.29 is 24.2 Å². The molecule has 1 atom stereocenters. The van der Waals surface area contributed by atoms with Gasteiger partial charge in [0.1, 0.15) is 12.4 Å². The first-order valence-corrected chi connectivity index (χ1v) is 13.7. The van der Waals surface area contributed by atoms with Gasteiger partial charge < -0.3 is 14.6 Å². The molecule has 8 nitrogen and oxygen atoms in total. The predicted molar refractivity (Wildman–Crippen MR) is 150 cm³/mol. The van der Waals surface area contributed by atoms with Crippen LogP contribution in [0.1, 0.15) is 31.8 Å². The van der Waals surface area contributed by atoms with Gasteiger partial charge in [0.15, 0.2) is 0 Å². The Morgan fingerprint density at radius 1 is 0.821 bits per heavy atom. The molecule has 3 aromatic rings. The second-order valence-corrected chi connectivity index (χ2v) is 10.4. The van der Waals surface area contributed by atoms with Crippen molar-refractivity contribution in [1.29, 1.82) is 0 Å². The fraction of sp³-hybridized carbons (Fsp3) is 0.419. The number of amides is 2. The van der Waals surface area contributed by atoms with Gasteiger partial charge in [-0.25, -0.2) is 0 Å². The molecule has 0 bridgehead atoms. The summed E-state index contributed by atoms with van der Waals surface area (Å²) >= 11 is 0. The lowest BCUT2D eigenvalue weighted by Crippen LogP contribution is -2.51. The minimum absolute atomic E-state index is 0.217. The third kappa shape index (κ3) is 6.31. The number of rotatable bonds is 11. The van der Waals surface area contributed by atoms with Crippen LogP contribution < -0.4 is 4.74 Å². The molecule has 5 rings (SSSR count). The zero-order chi connectivity index (χ0) is 27.4. The highest BCUT2D eigenvalue weighted by atomic mass is 16.5. The summed E-state index contributed by atoms with van der Waals surface area (Å²) in [7, 11) is 0. The molecule has 0 unspecified atom stereocenters. The van der Waals surface area contributed by atoms with Crippen LogP contribution in [0, 0.1) is 13.8 Å². The highest BCUT2D eigenvalue weighted by Gasteiger charge is 2.33. The summed E-state index contributed by atoms with van der Waals surface area (Å²) in [5.41, 5.74) is 3.63. The van der Waals surface area contributed by atoms with E-state index in [2.05, 4.69) is 23.6 Å². The Balaban J connectivity index is 1.00. The zero-order valence-electron chi connectivity index (χ0n) is 22.8. The van der Waals surface area contributed by atoms with Crippen LogP contribution in [-0.4, -0.2) is 103 Å². The smallest absolute Gasteiger partial charge is 0.261 e. The fourth-order valence-electron chi connectivity index (χ4n) is 5.31. The normalized spacial score (nSPS) is 17.2. The van der Waals surface area contributed by atoms with Crippen molar-refractivity contribution >= 4 is 22.6 Å². The number of ether oxygens (including phenoxy) is 2. The molecule has 0 aromatic heterocycles.